The molecule has 16 heavy (non-hydrogen) atoms. The molecule has 0 aliphatic carbocycles. The first kappa shape index (κ1) is 13.0. The van der Waals surface area contributed by atoms with Crippen molar-refractivity contribution >= 4 is 0 Å². The number of benzene rings is 1. The van der Waals surface area contributed by atoms with Gasteiger partial charge in [0, 0.05) is 7.11 Å². The number of hydrogen-bond donors (Lipinski definition) is 0. The largest absolute Gasteiger partial charge is 0.491 e. The van der Waals surface area contributed by atoms with Gasteiger partial charge in [0.15, 0.2) is 0 Å². The van der Waals surface area contributed by atoms with E-state index in [2.05, 4.69) is 32.9 Å². The van der Waals surface area contributed by atoms with Crippen LogP contribution >= 0.6 is 0 Å². The maximum Gasteiger partial charge on any atom is 0.119 e. The molecule has 90 valence electrons. The molecule has 0 radical (unpaired) electrons. The molecular weight excluding hydrogens is 200 g/mol. The quantitative estimate of drug-likeness (QED) is 0.687. The van der Waals surface area contributed by atoms with Crippen molar-refractivity contribution < 1.29 is 9.47 Å². The number of ether oxygens (including phenoxy) is 2. The van der Waals surface area contributed by atoms with Gasteiger partial charge < -0.3 is 9.47 Å². The summed E-state index contributed by atoms with van der Waals surface area (Å²) in [5.41, 5.74) is 2.80. The zero-order chi connectivity index (χ0) is 12.0. The molecule has 0 saturated heterocycles. The van der Waals surface area contributed by atoms with Crippen molar-refractivity contribution in [2.24, 2.45) is 0 Å². The van der Waals surface area contributed by atoms with E-state index >= 15 is 0 Å². The standard InChI is InChI=1S/C14H22O2/c1-5-12-10-13(16-9-8-15-4)6-7-14(12)11(2)3/h6-7,10-11H,5,8-9H2,1-4H3. The maximum atomic E-state index is 5.60. The van der Waals surface area contributed by atoms with Crippen molar-refractivity contribution in [3.63, 3.8) is 0 Å². The molecule has 2 heteroatoms. The van der Waals surface area contributed by atoms with E-state index in [1.807, 2.05) is 6.07 Å². The fourth-order valence-electron chi connectivity index (χ4n) is 1.78. The van der Waals surface area contributed by atoms with Crippen LogP contribution < -0.4 is 4.74 Å². The molecule has 0 fully saturated rings. The maximum absolute atomic E-state index is 5.60. The van der Waals surface area contributed by atoms with Crippen molar-refractivity contribution in [1.82, 2.24) is 0 Å². The number of aryl methyl sites for hydroxylation is 1. The summed E-state index contributed by atoms with van der Waals surface area (Å²) < 4.78 is 10.6. The van der Waals surface area contributed by atoms with Crippen LogP contribution in [0.2, 0.25) is 0 Å². The van der Waals surface area contributed by atoms with Gasteiger partial charge in [0.2, 0.25) is 0 Å². The van der Waals surface area contributed by atoms with Crippen LogP contribution in [0.4, 0.5) is 0 Å². The van der Waals surface area contributed by atoms with E-state index in [4.69, 9.17) is 9.47 Å². The molecule has 2 nitrogen and oxygen atoms in total. The molecule has 0 unspecified atom stereocenters. The fourth-order valence-corrected chi connectivity index (χ4v) is 1.78. The van der Waals surface area contributed by atoms with Gasteiger partial charge in [-0.25, -0.2) is 0 Å². The predicted molar refractivity (Wildman–Crippen MR) is 67.3 cm³/mol. The second-order valence-electron chi connectivity index (χ2n) is 4.21. The van der Waals surface area contributed by atoms with Crippen LogP contribution in [0.25, 0.3) is 0 Å². The molecule has 0 saturated carbocycles. The molecule has 0 amide bonds. The second-order valence-corrected chi connectivity index (χ2v) is 4.21. The van der Waals surface area contributed by atoms with Gasteiger partial charge in [-0.3, -0.25) is 0 Å². The van der Waals surface area contributed by atoms with Gasteiger partial charge in [0.1, 0.15) is 12.4 Å². The van der Waals surface area contributed by atoms with Crippen molar-refractivity contribution in [2.45, 2.75) is 33.1 Å². The highest BCUT2D eigenvalue weighted by molar-refractivity contribution is 5.37. The summed E-state index contributed by atoms with van der Waals surface area (Å²) in [5.74, 6) is 1.52. The summed E-state index contributed by atoms with van der Waals surface area (Å²) in [5, 5.41) is 0. The van der Waals surface area contributed by atoms with Crippen molar-refractivity contribution in [3.05, 3.63) is 29.3 Å². The molecule has 0 N–H and O–H groups in total. The summed E-state index contributed by atoms with van der Waals surface area (Å²) in [4.78, 5) is 0. The molecule has 0 aliphatic rings. The van der Waals surface area contributed by atoms with Gasteiger partial charge >= 0.3 is 0 Å². The molecule has 1 rings (SSSR count). The van der Waals surface area contributed by atoms with E-state index in [0.29, 0.717) is 19.1 Å². The minimum Gasteiger partial charge on any atom is -0.491 e. The van der Waals surface area contributed by atoms with E-state index in [1.54, 1.807) is 7.11 Å². The first-order valence-corrected chi connectivity index (χ1v) is 5.93. The van der Waals surface area contributed by atoms with E-state index in [-0.39, 0.29) is 0 Å². The Morgan fingerprint density at radius 1 is 1.19 bits per heavy atom. The van der Waals surface area contributed by atoms with E-state index in [0.717, 1.165) is 12.2 Å². The highest BCUT2D eigenvalue weighted by Gasteiger charge is 2.06. The van der Waals surface area contributed by atoms with Crippen LogP contribution in [0.15, 0.2) is 18.2 Å². The SMILES string of the molecule is CCc1cc(OCCOC)ccc1C(C)C. The van der Waals surface area contributed by atoms with Gasteiger partial charge in [-0.15, -0.1) is 0 Å². The summed E-state index contributed by atoms with van der Waals surface area (Å²) >= 11 is 0. The average molecular weight is 222 g/mol. The Morgan fingerprint density at radius 3 is 2.50 bits per heavy atom. The van der Waals surface area contributed by atoms with Crippen LogP contribution in [-0.2, 0) is 11.2 Å². The summed E-state index contributed by atoms with van der Waals surface area (Å²) in [6.07, 6.45) is 1.05. The lowest BCUT2D eigenvalue weighted by atomic mass is 9.95. The van der Waals surface area contributed by atoms with Gasteiger partial charge in [-0.2, -0.15) is 0 Å². The minimum absolute atomic E-state index is 0.572. The number of methoxy groups -OCH3 is 1. The van der Waals surface area contributed by atoms with Crippen molar-refractivity contribution in [2.75, 3.05) is 20.3 Å². The van der Waals surface area contributed by atoms with Gasteiger partial charge in [0.25, 0.3) is 0 Å². The van der Waals surface area contributed by atoms with E-state index in [1.165, 1.54) is 11.1 Å². The highest BCUT2D eigenvalue weighted by atomic mass is 16.5. The lowest BCUT2D eigenvalue weighted by molar-refractivity contribution is 0.146. The Morgan fingerprint density at radius 2 is 1.94 bits per heavy atom. The molecule has 0 aliphatic heterocycles. The predicted octanol–water partition coefficient (Wildman–Crippen LogP) is 3.40. The third-order valence-electron chi connectivity index (χ3n) is 2.67. The van der Waals surface area contributed by atoms with E-state index in [9.17, 15) is 0 Å². The van der Waals surface area contributed by atoms with Crippen molar-refractivity contribution in [1.29, 1.82) is 0 Å². The Balaban J connectivity index is 2.74. The van der Waals surface area contributed by atoms with Crippen LogP contribution in [0, 0.1) is 0 Å². The third-order valence-corrected chi connectivity index (χ3v) is 2.67. The minimum atomic E-state index is 0.572. The molecule has 0 bridgehead atoms. The summed E-state index contributed by atoms with van der Waals surface area (Å²) in [7, 11) is 1.68. The Bertz CT molecular complexity index is 319. The van der Waals surface area contributed by atoms with Crippen LogP contribution in [0.3, 0.4) is 0 Å². The Labute approximate surface area is 98.6 Å². The lowest BCUT2D eigenvalue weighted by Crippen LogP contribution is -2.05. The molecule has 0 aromatic heterocycles. The topological polar surface area (TPSA) is 18.5 Å². The first-order chi connectivity index (χ1) is 7.69. The fraction of sp³-hybridized carbons (Fsp3) is 0.571. The zero-order valence-electron chi connectivity index (χ0n) is 10.7. The molecule has 1 aromatic carbocycles. The second kappa shape index (κ2) is 6.54. The molecule has 0 heterocycles. The molecule has 0 spiro atoms. The van der Waals surface area contributed by atoms with Crippen LogP contribution in [-0.4, -0.2) is 20.3 Å². The average Bonchev–Trinajstić information content (AvgIpc) is 2.29. The molecular formula is C14H22O2. The third kappa shape index (κ3) is 3.53. The number of hydrogen-bond acceptors (Lipinski definition) is 2. The normalized spacial score (nSPS) is 10.8. The van der Waals surface area contributed by atoms with Crippen LogP contribution in [0.1, 0.15) is 37.8 Å². The molecule has 0 atom stereocenters. The first-order valence-electron chi connectivity index (χ1n) is 5.93. The lowest BCUT2D eigenvalue weighted by Gasteiger charge is -2.13. The highest BCUT2D eigenvalue weighted by Crippen LogP contribution is 2.24. The van der Waals surface area contributed by atoms with Crippen LogP contribution in [0.5, 0.6) is 5.75 Å². The zero-order valence-corrected chi connectivity index (χ0v) is 10.7. The smallest absolute Gasteiger partial charge is 0.119 e. The van der Waals surface area contributed by atoms with E-state index < -0.39 is 0 Å². The van der Waals surface area contributed by atoms with Gasteiger partial charge in [-0.1, -0.05) is 26.8 Å². The number of rotatable bonds is 6. The Hall–Kier alpha value is -1.02. The summed E-state index contributed by atoms with van der Waals surface area (Å²) in [6.45, 7) is 7.87. The Kier molecular flexibility index (Phi) is 5.33. The van der Waals surface area contributed by atoms with Gasteiger partial charge in [-0.05, 0) is 35.6 Å². The molecule has 1 aromatic rings. The monoisotopic (exact) mass is 222 g/mol. The summed E-state index contributed by atoms with van der Waals surface area (Å²) in [6, 6.07) is 6.36. The van der Waals surface area contributed by atoms with Crippen molar-refractivity contribution in [3.8, 4) is 5.75 Å². The van der Waals surface area contributed by atoms with Gasteiger partial charge in [0.05, 0.1) is 6.61 Å².